The van der Waals surface area contributed by atoms with E-state index in [1.165, 1.54) is 6.42 Å². The molecular weight excluding hydrogens is 150 g/mol. The van der Waals surface area contributed by atoms with E-state index in [1.807, 2.05) is 19.9 Å². The Labute approximate surface area is 72.4 Å². The molecule has 1 aromatic rings. The van der Waals surface area contributed by atoms with Crippen LogP contribution in [0.15, 0.2) is 6.07 Å². The Kier molecular flexibility index (Phi) is 1.71. The van der Waals surface area contributed by atoms with Crippen LogP contribution in [-0.2, 0) is 0 Å². The van der Waals surface area contributed by atoms with Crippen molar-refractivity contribution >= 4 is 5.95 Å². The molecule has 1 saturated heterocycles. The molecule has 0 bridgehead atoms. The Morgan fingerprint density at radius 3 is 2.17 bits per heavy atom. The van der Waals surface area contributed by atoms with E-state index < -0.39 is 0 Å². The Balaban J connectivity index is 2.30. The van der Waals surface area contributed by atoms with Gasteiger partial charge in [0.2, 0.25) is 5.95 Å². The molecule has 0 unspecified atom stereocenters. The molecular formula is C9H13N3. The summed E-state index contributed by atoms with van der Waals surface area (Å²) in [5, 5.41) is 0. The van der Waals surface area contributed by atoms with Gasteiger partial charge < -0.3 is 4.90 Å². The van der Waals surface area contributed by atoms with E-state index in [1.54, 1.807) is 0 Å². The van der Waals surface area contributed by atoms with E-state index in [0.29, 0.717) is 0 Å². The Hall–Kier alpha value is -1.12. The van der Waals surface area contributed by atoms with Crippen LogP contribution in [0.5, 0.6) is 0 Å². The van der Waals surface area contributed by atoms with Crippen LogP contribution in [0, 0.1) is 13.8 Å². The Morgan fingerprint density at radius 1 is 1.17 bits per heavy atom. The molecule has 0 N–H and O–H groups in total. The molecule has 2 rings (SSSR count). The van der Waals surface area contributed by atoms with Crippen molar-refractivity contribution in [1.29, 1.82) is 0 Å². The van der Waals surface area contributed by atoms with Crippen LogP contribution in [0.3, 0.4) is 0 Å². The summed E-state index contributed by atoms with van der Waals surface area (Å²) in [6, 6.07) is 2.00. The van der Waals surface area contributed by atoms with Crippen LogP contribution in [0.1, 0.15) is 17.8 Å². The molecule has 1 aliphatic heterocycles. The van der Waals surface area contributed by atoms with Crippen LogP contribution in [0.2, 0.25) is 0 Å². The van der Waals surface area contributed by atoms with Gasteiger partial charge in [-0.05, 0) is 26.3 Å². The van der Waals surface area contributed by atoms with Crippen molar-refractivity contribution in [3.05, 3.63) is 17.5 Å². The highest BCUT2D eigenvalue weighted by molar-refractivity contribution is 5.34. The summed E-state index contributed by atoms with van der Waals surface area (Å²) in [4.78, 5) is 11.0. The van der Waals surface area contributed by atoms with Crippen LogP contribution >= 0.6 is 0 Å². The van der Waals surface area contributed by atoms with Crippen molar-refractivity contribution in [2.75, 3.05) is 18.0 Å². The van der Waals surface area contributed by atoms with Gasteiger partial charge in [0.05, 0.1) is 0 Å². The lowest BCUT2D eigenvalue weighted by molar-refractivity contribution is 0.598. The smallest absolute Gasteiger partial charge is 0.225 e. The Morgan fingerprint density at radius 2 is 1.75 bits per heavy atom. The molecule has 0 aliphatic carbocycles. The average molecular weight is 163 g/mol. The topological polar surface area (TPSA) is 29.0 Å². The molecule has 1 fully saturated rings. The van der Waals surface area contributed by atoms with Gasteiger partial charge in [0, 0.05) is 24.5 Å². The second kappa shape index (κ2) is 2.73. The fourth-order valence-electron chi connectivity index (χ4n) is 1.36. The molecule has 0 atom stereocenters. The number of hydrogen-bond donors (Lipinski definition) is 0. The third-order valence-corrected chi connectivity index (χ3v) is 2.11. The number of hydrogen-bond acceptors (Lipinski definition) is 3. The fourth-order valence-corrected chi connectivity index (χ4v) is 1.36. The minimum atomic E-state index is 0.902. The molecule has 64 valence electrons. The van der Waals surface area contributed by atoms with E-state index in [-0.39, 0.29) is 0 Å². The largest absolute Gasteiger partial charge is 0.341 e. The first-order valence-electron chi connectivity index (χ1n) is 4.33. The summed E-state index contributed by atoms with van der Waals surface area (Å²) in [5.74, 6) is 0.902. The molecule has 1 aromatic heterocycles. The fraction of sp³-hybridized carbons (Fsp3) is 0.556. The third kappa shape index (κ3) is 1.26. The number of rotatable bonds is 1. The number of anilines is 1. The van der Waals surface area contributed by atoms with Gasteiger partial charge in [-0.3, -0.25) is 0 Å². The maximum atomic E-state index is 4.37. The third-order valence-electron chi connectivity index (χ3n) is 2.11. The SMILES string of the molecule is Cc1cc(C)nc(N2CCC2)n1. The monoisotopic (exact) mass is 163 g/mol. The summed E-state index contributed by atoms with van der Waals surface area (Å²) < 4.78 is 0. The highest BCUT2D eigenvalue weighted by Crippen LogP contribution is 2.15. The minimum Gasteiger partial charge on any atom is -0.341 e. The zero-order valence-electron chi connectivity index (χ0n) is 7.54. The predicted octanol–water partition coefficient (Wildman–Crippen LogP) is 1.30. The summed E-state index contributed by atoms with van der Waals surface area (Å²) in [7, 11) is 0. The predicted molar refractivity (Wildman–Crippen MR) is 48.3 cm³/mol. The summed E-state index contributed by atoms with van der Waals surface area (Å²) >= 11 is 0. The minimum absolute atomic E-state index is 0.902. The average Bonchev–Trinajstić information content (AvgIpc) is 1.79. The highest BCUT2D eigenvalue weighted by atomic mass is 15.3. The number of nitrogens with zero attached hydrogens (tertiary/aromatic N) is 3. The van der Waals surface area contributed by atoms with E-state index in [0.717, 1.165) is 30.4 Å². The van der Waals surface area contributed by atoms with Gasteiger partial charge >= 0.3 is 0 Å². The van der Waals surface area contributed by atoms with E-state index in [4.69, 9.17) is 0 Å². The molecule has 3 heteroatoms. The lowest BCUT2D eigenvalue weighted by Crippen LogP contribution is -2.38. The Bertz CT molecular complexity index is 272. The van der Waals surface area contributed by atoms with Gasteiger partial charge in [-0.15, -0.1) is 0 Å². The molecule has 12 heavy (non-hydrogen) atoms. The molecule has 2 heterocycles. The number of aryl methyl sites for hydroxylation is 2. The summed E-state index contributed by atoms with van der Waals surface area (Å²) in [6.07, 6.45) is 1.27. The van der Waals surface area contributed by atoms with E-state index in [9.17, 15) is 0 Å². The van der Waals surface area contributed by atoms with Crippen molar-refractivity contribution in [2.24, 2.45) is 0 Å². The van der Waals surface area contributed by atoms with Gasteiger partial charge in [0.25, 0.3) is 0 Å². The molecule has 1 aliphatic rings. The first-order valence-corrected chi connectivity index (χ1v) is 4.33. The normalized spacial score (nSPS) is 16.0. The van der Waals surface area contributed by atoms with Crippen molar-refractivity contribution in [2.45, 2.75) is 20.3 Å². The molecule has 0 saturated carbocycles. The first kappa shape index (κ1) is 7.53. The maximum Gasteiger partial charge on any atom is 0.225 e. The molecule has 0 aromatic carbocycles. The van der Waals surface area contributed by atoms with Crippen LogP contribution < -0.4 is 4.90 Å². The van der Waals surface area contributed by atoms with Gasteiger partial charge in [-0.2, -0.15) is 0 Å². The summed E-state index contributed by atoms with van der Waals surface area (Å²) in [5.41, 5.74) is 2.12. The van der Waals surface area contributed by atoms with Crippen LogP contribution in [0.4, 0.5) is 5.95 Å². The van der Waals surface area contributed by atoms with Crippen molar-refractivity contribution in [1.82, 2.24) is 9.97 Å². The van der Waals surface area contributed by atoms with Gasteiger partial charge in [0.15, 0.2) is 0 Å². The van der Waals surface area contributed by atoms with Crippen LogP contribution in [0.25, 0.3) is 0 Å². The lowest BCUT2D eigenvalue weighted by Gasteiger charge is -2.31. The van der Waals surface area contributed by atoms with Gasteiger partial charge in [-0.25, -0.2) is 9.97 Å². The zero-order chi connectivity index (χ0) is 8.55. The molecule has 0 spiro atoms. The van der Waals surface area contributed by atoms with E-state index in [2.05, 4.69) is 14.9 Å². The van der Waals surface area contributed by atoms with Crippen molar-refractivity contribution < 1.29 is 0 Å². The zero-order valence-corrected chi connectivity index (χ0v) is 7.54. The standard InChI is InChI=1S/C9H13N3/c1-7-6-8(2)11-9(10-7)12-4-3-5-12/h6H,3-5H2,1-2H3. The first-order chi connectivity index (χ1) is 5.75. The van der Waals surface area contributed by atoms with Crippen molar-refractivity contribution in [3.8, 4) is 0 Å². The van der Waals surface area contributed by atoms with Crippen molar-refractivity contribution in [3.63, 3.8) is 0 Å². The van der Waals surface area contributed by atoms with E-state index >= 15 is 0 Å². The van der Waals surface area contributed by atoms with Gasteiger partial charge in [0.1, 0.15) is 0 Å². The second-order valence-corrected chi connectivity index (χ2v) is 3.29. The maximum absolute atomic E-state index is 4.37. The molecule has 3 nitrogen and oxygen atoms in total. The number of aromatic nitrogens is 2. The summed E-state index contributed by atoms with van der Waals surface area (Å²) in [6.45, 7) is 6.25. The van der Waals surface area contributed by atoms with Crippen LogP contribution in [-0.4, -0.2) is 23.1 Å². The second-order valence-electron chi connectivity index (χ2n) is 3.29. The lowest BCUT2D eigenvalue weighted by atomic mass is 10.2. The molecule has 0 amide bonds. The molecule has 0 radical (unpaired) electrons. The highest BCUT2D eigenvalue weighted by Gasteiger charge is 2.16. The quantitative estimate of drug-likeness (QED) is 0.625. The van der Waals surface area contributed by atoms with Gasteiger partial charge in [-0.1, -0.05) is 0 Å².